The third-order valence-electron chi connectivity index (χ3n) is 1.91. The van der Waals surface area contributed by atoms with E-state index in [9.17, 15) is 4.79 Å². The van der Waals surface area contributed by atoms with Crippen LogP contribution in [-0.2, 0) is 4.79 Å². The number of carbonyl (C=O) groups excluding carboxylic acids is 1. The van der Waals surface area contributed by atoms with Crippen molar-refractivity contribution in [3.05, 3.63) is 35.9 Å². The van der Waals surface area contributed by atoms with Crippen LogP contribution in [0.3, 0.4) is 0 Å². The van der Waals surface area contributed by atoms with Gasteiger partial charge in [0.1, 0.15) is 0 Å². The summed E-state index contributed by atoms with van der Waals surface area (Å²) in [7, 11) is 0. The maximum Gasteiger partial charge on any atom is 0.217 e. The molecule has 3 heteroatoms. The highest BCUT2D eigenvalue weighted by molar-refractivity contribution is 7.98. The number of hydrogen-bond donors (Lipinski definition) is 1. The summed E-state index contributed by atoms with van der Waals surface area (Å²) in [6.07, 6.45) is 2.04. The summed E-state index contributed by atoms with van der Waals surface area (Å²) in [5, 5.41) is 2.94. The Hall–Kier alpha value is -0.960. The standard InChI is InChI=1S/C11H15NOS/c1-9(13)12-11(8-14-2)10-6-4-3-5-7-10/h3-7,11H,8H2,1-2H3,(H,12,13)/t11-/m1/s1. The molecule has 0 bridgehead atoms. The molecule has 0 radical (unpaired) electrons. The normalized spacial score (nSPS) is 12.1. The molecule has 1 amide bonds. The molecule has 1 rings (SSSR count). The minimum Gasteiger partial charge on any atom is -0.349 e. The third-order valence-corrected chi connectivity index (χ3v) is 2.58. The van der Waals surface area contributed by atoms with E-state index in [4.69, 9.17) is 0 Å². The van der Waals surface area contributed by atoms with Crippen LogP contribution in [-0.4, -0.2) is 17.9 Å². The number of rotatable bonds is 4. The molecule has 0 saturated carbocycles. The average Bonchev–Trinajstić information content (AvgIpc) is 2.18. The topological polar surface area (TPSA) is 29.1 Å². The molecule has 1 aromatic rings. The van der Waals surface area contributed by atoms with Gasteiger partial charge in [-0.3, -0.25) is 4.79 Å². The second kappa shape index (κ2) is 5.70. The number of hydrogen-bond acceptors (Lipinski definition) is 2. The van der Waals surface area contributed by atoms with E-state index in [-0.39, 0.29) is 11.9 Å². The highest BCUT2D eigenvalue weighted by Gasteiger charge is 2.10. The monoisotopic (exact) mass is 209 g/mol. The van der Waals surface area contributed by atoms with Gasteiger partial charge in [-0.25, -0.2) is 0 Å². The Labute approximate surface area is 89.1 Å². The number of benzene rings is 1. The summed E-state index contributed by atoms with van der Waals surface area (Å²) >= 11 is 1.73. The lowest BCUT2D eigenvalue weighted by Gasteiger charge is -2.16. The van der Waals surface area contributed by atoms with E-state index in [1.165, 1.54) is 0 Å². The van der Waals surface area contributed by atoms with Crippen LogP contribution in [0, 0.1) is 0 Å². The molecule has 76 valence electrons. The van der Waals surface area contributed by atoms with Crippen LogP contribution in [0.2, 0.25) is 0 Å². The number of amides is 1. The summed E-state index contributed by atoms with van der Waals surface area (Å²) in [5.74, 6) is 0.928. The zero-order valence-electron chi connectivity index (χ0n) is 8.49. The highest BCUT2D eigenvalue weighted by Crippen LogP contribution is 2.16. The van der Waals surface area contributed by atoms with Crippen molar-refractivity contribution >= 4 is 17.7 Å². The van der Waals surface area contributed by atoms with Crippen molar-refractivity contribution in [2.75, 3.05) is 12.0 Å². The molecule has 1 N–H and O–H groups in total. The Morgan fingerprint density at radius 3 is 2.57 bits per heavy atom. The van der Waals surface area contributed by atoms with E-state index >= 15 is 0 Å². The van der Waals surface area contributed by atoms with E-state index in [1.54, 1.807) is 18.7 Å². The highest BCUT2D eigenvalue weighted by atomic mass is 32.2. The minimum atomic E-state index is 0.0212. The molecule has 0 fully saturated rings. The van der Waals surface area contributed by atoms with Gasteiger partial charge >= 0.3 is 0 Å². The summed E-state index contributed by atoms with van der Waals surface area (Å²) in [6.45, 7) is 1.55. The quantitative estimate of drug-likeness (QED) is 0.824. The number of nitrogens with one attached hydrogen (secondary N) is 1. The molecule has 0 aliphatic rings. The lowest BCUT2D eigenvalue weighted by molar-refractivity contribution is -0.119. The van der Waals surface area contributed by atoms with Gasteiger partial charge in [0.15, 0.2) is 0 Å². The SMILES string of the molecule is CSC[C@@H](NC(C)=O)c1ccccc1. The van der Waals surface area contributed by atoms with Crippen LogP contribution >= 0.6 is 11.8 Å². The van der Waals surface area contributed by atoms with Gasteiger partial charge in [-0.05, 0) is 11.8 Å². The smallest absolute Gasteiger partial charge is 0.217 e. The summed E-state index contributed by atoms with van der Waals surface area (Å²) < 4.78 is 0. The van der Waals surface area contributed by atoms with E-state index in [1.807, 2.05) is 36.6 Å². The first-order chi connectivity index (χ1) is 6.74. The Morgan fingerprint density at radius 1 is 1.43 bits per heavy atom. The average molecular weight is 209 g/mol. The van der Waals surface area contributed by atoms with Gasteiger partial charge in [-0.15, -0.1) is 0 Å². The van der Waals surface area contributed by atoms with Crippen molar-refractivity contribution in [3.8, 4) is 0 Å². The van der Waals surface area contributed by atoms with Gasteiger partial charge in [-0.1, -0.05) is 30.3 Å². The molecular weight excluding hydrogens is 194 g/mol. The fourth-order valence-corrected chi connectivity index (χ4v) is 1.93. The van der Waals surface area contributed by atoms with E-state index in [0.29, 0.717) is 0 Å². The molecule has 0 spiro atoms. The van der Waals surface area contributed by atoms with Crippen LogP contribution in [0.25, 0.3) is 0 Å². The zero-order chi connectivity index (χ0) is 10.4. The van der Waals surface area contributed by atoms with Crippen molar-refractivity contribution in [1.29, 1.82) is 0 Å². The molecular formula is C11H15NOS. The predicted octanol–water partition coefficient (Wildman–Crippen LogP) is 2.23. The van der Waals surface area contributed by atoms with Gasteiger partial charge in [0.2, 0.25) is 5.91 Å². The maximum atomic E-state index is 11.0. The Kier molecular flexibility index (Phi) is 4.53. The van der Waals surface area contributed by atoms with Crippen LogP contribution < -0.4 is 5.32 Å². The third kappa shape index (κ3) is 3.42. The summed E-state index contributed by atoms with van der Waals surface area (Å²) in [4.78, 5) is 11.0. The molecule has 0 aliphatic heterocycles. The van der Waals surface area contributed by atoms with E-state index in [2.05, 4.69) is 5.32 Å². The van der Waals surface area contributed by atoms with Crippen LogP contribution in [0.15, 0.2) is 30.3 Å². The predicted molar refractivity (Wildman–Crippen MR) is 61.4 cm³/mol. The molecule has 0 aliphatic carbocycles. The van der Waals surface area contributed by atoms with Gasteiger partial charge < -0.3 is 5.32 Å². The molecule has 1 aromatic carbocycles. The van der Waals surface area contributed by atoms with E-state index < -0.39 is 0 Å². The number of thioether (sulfide) groups is 1. The Bertz CT molecular complexity index is 287. The van der Waals surface area contributed by atoms with Gasteiger partial charge in [0.25, 0.3) is 0 Å². The molecule has 0 aromatic heterocycles. The summed E-state index contributed by atoms with van der Waals surface area (Å²) in [6, 6.07) is 10.2. The molecule has 1 atom stereocenters. The second-order valence-corrected chi connectivity index (χ2v) is 4.03. The first kappa shape index (κ1) is 11.1. The van der Waals surface area contributed by atoms with Gasteiger partial charge in [0, 0.05) is 12.7 Å². The second-order valence-electron chi connectivity index (χ2n) is 3.12. The first-order valence-electron chi connectivity index (χ1n) is 4.55. The minimum absolute atomic E-state index is 0.0212. The van der Waals surface area contributed by atoms with Gasteiger partial charge in [-0.2, -0.15) is 11.8 Å². The molecule has 0 saturated heterocycles. The first-order valence-corrected chi connectivity index (χ1v) is 5.94. The fourth-order valence-electron chi connectivity index (χ4n) is 1.32. The molecule has 0 unspecified atom stereocenters. The van der Waals surface area contributed by atoms with Crippen LogP contribution in [0.4, 0.5) is 0 Å². The lowest BCUT2D eigenvalue weighted by atomic mass is 10.1. The maximum absolute atomic E-state index is 11.0. The number of carbonyl (C=O) groups is 1. The zero-order valence-corrected chi connectivity index (χ0v) is 9.30. The van der Waals surface area contributed by atoms with Crippen molar-refractivity contribution in [1.82, 2.24) is 5.32 Å². The van der Waals surface area contributed by atoms with Crippen molar-refractivity contribution < 1.29 is 4.79 Å². The fraction of sp³-hybridized carbons (Fsp3) is 0.364. The Balaban J connectivity index is 2.72. The Morgan fingerprint density at radius 2 is 2.07 bits per heavy atom. The molecule has 0 heterocycles. The van der Waals surface area contributed by atoms with Gasteiger partial charge in [0.05, 0.1) is 6.04 Å². The van der Waals surface area contributed by atoms with Crippen molar-refractivity contribution in [2.45, 2.75) is 13.0 Å². The lowest BCUT2D eigenvalue weighted by Crippen LogP contribution is -2.27. The molecule has 14 heavy (non-hydrogen) atoms. The van der Waals surface area contributed by atoms with Crippen molar-refractivity contribution in [2.24, 2.45) is 0 Å². The van der Waals surface area contributed by atoms with Crippen LogP contribution in [0.1, 0.15) is 18.5 Å². The largest absolute Gasteiger partial charge is 0.349 e. The van der Waals surface area contributed by atoms with Crippen molar-refractivity contribution in [3.63, 3.8) is 0 Å². The van der Waals surface area contributed by atoms with E-state index in [0.717, 1.165) is 11.3 Å². The summed E-state index contributed by atoms with van der Waals surface area (Å²) in [5.41, 5.74) is 1.16. The molecule has 2 nitrogen and oxygen atoms in total. The van der Waals surface area contributed by atoms with Crippen LogP contribution in [0.5, 0.6) is 0 Å².